The summed E-state index contributed by atoms with van der Waals surface area (Å²) in [6.07, 6.45) is 6.66. The smallest absolute Gasteiger partial charge is 0.0451 e. The minimum atomic E-state index is 0.706. The number of hydrogen-bond donors (Lipinski definition) is 1. The van der Waals surface area contributed by atoms with Gasteiger partial charge in [0.25, 0.3) is 0 Å². The van der Waals surface area contributed by atoms with Gasteiger partial charge in [-0.2, -0.15) is 0 Å². The van der Waals surface area contributed by atoms with Crippen LogP contribution in [0.25, 0.3) is 0 Å². The van der Waals surface area contributed by atoms with E-state index in [-0.39, 0.29) is 0 Å². The summed E-state index contributed by atoms with van der Waals surface area (Å²) in [6, 6.07) is 10.5. The van der Waals surface area contributed by atoms with Crippen LogP contribution >= 0.6 is 11.6 Å². The molecular formula is C16H23ClN2. The van der Waals surface area contributed by atoms with Crippen LogP contribution in [-0.4, -0.2) is 30.1 Å². The van der Waals surface area contributed by atoms with Gasteiger partial charge < -0.3 is 5.32 Å². The zero-order valence-corrected chi connectivity index (χ0v) is 12.4. The van der Waals surface area contributed by atoms with E-state index < -0.39 is 0 Å². The highest BCUT2D eigenvalue weighted by atomic mass is 35.5. The van der Waals surface area contributed by atoms with Crippen LogP contribution in [0.5, 0.6) is 0 Å². The summed E-state index contributed by atoms with van der Waals surface area (Å²) in [5.74, 6) is 0. The Morgan fingerprint density at radius 3 is 2.53 bits per heavy atom. The van der Waals surface area contributed by atoms with Crippen molar-refractivity contribution >= 4 is 11.6 Å². The Bertz CT molecular complexity index is 421. The molecule has 2 saturated heterocycles. The maximum Gasteiger partial charge on any atom is 0.0451 e. The standard InChI is InChI=1S/C16H23ClN2/c1-18-13-9-14-6-4-7-15(10-13)19(14)11-12-5-2-3-8-16(12)17/h2-3,5,8,13-15,18H,4,6-7,9-11H2,1H3. The maximum atomic E-state index is 6.32. The fourth-order valence-corrected chi connectivity index (χ4v) is 3.99. The molecule has 19 heavy (non-hydrogen) atoms. The Morgan fingerprint density at radius 1 is 1.21 bits per heavy atom. The average molecular weight is 279 g/mol. The molecule has 2 heterocycles. The number of benzene rings is 1. The van der Waals surface area contributed by atoms with Crippen molar-refractivity contribution in [2.45, 2.75) is 56.8 Å². The van der Waals surface area contributed by atoms with Crippen LogP contribution in [0.2, 0.25) is 5.02 Å². The summed E-state index contributed by atoms with van der Waals surface area (Å²) in [5, 5.41) is 4.39. The summed E-state index contributed by atoms with van der Waals surface area (Å²) in [4.78, 5) is 2.71. The lowest BCUT2D eigenvalue weighted by molar-refractivity contribution is 0.0191. The highest BCUT2D eigenvalue weighted by Crippen LogP contribution is 2.35. The third-order valence-corrected chi connectivity index (χ3v) is 5.21. The van der Waals surface area contributed by atoms with Crippen LogP contribution in [0.4, 0.5) is 0 Å². The van der Waals surface area contributed by atoms with Gasteiger partial charge in [-0.3, -0.25) is 4.90 Å². The Hall–Kier alpha value is -0.570. The van der Waals surface area contributed by atoms with Gasteiger partial charge in [0.15, 0.2) is 0 Å². The van der Waals surface area contributed by atoms with E-state index in [0.29, 0.717) is 6.04 Å². The van der Waals surface area contributed by atoms with Crippen LogP contribution in [0.15, 0.2) is 24.3 Å². The average Bonchev–Trinajstić information content (AvgIpc) is 2.41. The fraction of sp³-hybridized carbons (Fsp3) is 0.625. The van der Waals surface area contributed by atoms with Crippen molar-refractivity contribution in [3.63, 3.8) is 0 Å². The number of halogens is 1. The minimum absolute atomic E-state index is 0.706. The first-order chi connectivity index (χ1) is 9.28. The van der Waals surface area contributed by atoms with Crippen molar-refractivity contribution in [2.75, 3.05) is 7.05 Å². The SMILES string of the molecule is CNC1CC2CCCC(C1)N2Cc1ccccc1Cl. The van der Waals surface area contributed by atoms with E-state index in [1.165, 1.54) is 37.7 Å². The first kappa shape index (κ1) is 13.4. The number of nitrogens with one attached hydrogen (secondary N) is 1. The van der Waals surface area contributed by atoms with Gasteiger partial charge in [0.1, 0.15) is 0 Å². The second-order valence-corrected chi connectivity index (χ2v) is 6.37. The highest BCUT2D eigenvalue weighted by Gasteiger charge is 2.37. The van der Waals surface area contributed by atoms with Gasteiger partial charge in [-0.25, -0.2) is 0 Å². The van der Waals surface area contributed by atoms with E-state index in [2.05, 4.69) is 29.4 Å². The molecule has 1 N–H and O–H groups in total. The topological polar surface area (TPSA) is 15.3 Å². The molecule has 2 aliphatic heterocycles. The third-order valence-electron chi connectivity index (χ3n) is 4.84. The molecule has 0 radical (unpaired) electrons. The molecule has 2 bridgehead atoms. The number of hydrogen-bond acceptors (Lipinski definition) is 2. The second kappa shape index (κ2) is 5.82. The van der Waals surface area contributed by atoms with Gasteiger partial charge in [-0.15, -0.1) is 0 Å². The van der Waals surface area contributed by atoms with E-state index in [4.69, 9.17) is 11.6 Å². The first-order valence-electron chi connectivity index (χ1n) is 7.44. The van der Waals surface area contributed by atoms with Crippen LogP contribution in [0, 0.1) is 0 Å². The van der Waals surface area contributed by atoms with Crippen molar-refractivity contribution in [1.82, 2.24) is 10.2 Å². The van der Waals surface area contributed by atoms with E-state index >= 15 is 0 Å². The Morgan fingerprint density at radius 2 is 1.89 bits per heavy atom. The molecule has 0 aromatic heterocycles. The molecule has 2 nitrogen and oxygen atoms in total. The minimum Gasteiger partial charge on any atom is -0.317 e. The zero-order valence-electron chi connectivity index (χ0n) is 11.6. The Kier molecular flexibility index (Phi) is 4.11. The lowest BCUT2D eigenvalue weighted by Crippen LogP contribution is -2.55. The van der Waals surface area contributed by atoms with Gasteiger partial charge in [0, 0.05) is 29.7 Å². The molecule has 1 aromatic rings. The molecule has 3 heteroatoms. The molecule has 3 rings (SSSR count). The van der Waals surface area contributed by atoms with Gasteiger partial charge in [0.2, 0.25) is 0 Å². The summed E-state index contributed by atoms with van der Waals surface area (Å²) in [7, 11) is 2.10. The van der Waals surface area contributed by atoms with Gasteiger partial charge in [-0.05, 0) is 44.4 Å². The lowest BCUT2D eigenvalue weighted by atomic mass is 9.81. The predicted molar refractivity (Wildman–Crippen MR) is 80.5 cm³/mol. The summed E-state index contributed by atoms with van der Waals surface area (Å²) < 4.78 is 0. The van der Waals surface area contributed by atoms with Gasteiger partial charge in [-0.1, -0.05) is 36.2 Å². The van der Waals surface area contributed by atoms with E-state index in [1.54, 1.807) is 0 Å². The molecule has 104 valence electrons. The predicted octanol–water partition coefficient (Wildman–Crippen LogP) is 3.44. The summed E-state index contributed by atoms with van der Waals surface area (Å²) in [5.41, 5.74) is 1.28. The van der Waals surface area contributed by atoms with Crippen molar-refractivity contribution in [3.8, 4) is 0 Å². The van der Waals surface area contributed by atoms with Crippen molar-refractivity contribution in [2.24, 2.45) is 0 Å². The number of fused-ring (bicyclic) bond motifs is 2. The largest absolute Gasteiger partial charge is 0.317 e. The van der Waals surface area contributed by atoms with Crippen molar-refractivity contribution < 1.29 is 0 Å². The number of nitrogens with zero attached hydrogens (tertiary/aromatic N) is 1. The van der Waals surface area contributed by atoms with Gasteiger partial charge >= 0.3 is 0 Å². The Labute approximate surface area is 121 Å². The normalized spacial score (nSPS) is 31.4. The molecule has 0 saturated carbocycles. The van der Waals surface area contributed by atoms with Crippen LogP contribution in [0.3, 0.4) is 0 Å². The van der Waals surface area contributed by atoms with E-state index in [1.807, 2.05) is 12.1 Å². The third kappa shape index (κ3) is 2.81. The molecule has 0 spiro atoms. The van der Waals surface area contributed by atoms with Crippen molar-refractivity contribution in [3.05, 3.63) is 34.9 Å². The summed E-state index contributed by atoms with van der Waals surface area (Å²) in [6.45, 7) is 1.02. The highest BCUT2D eigenvalue weighted by molar-refractivity contribution is 6.31. The molecule has 2 aliphatic rings. The molecule has 2 atom stereocenters. The summed E-state index contributed by atoms with van der Waals surface area (Å²) >= 11 is 6.32. The lowest BCUT2D eigenvalue weighted by Gasteiger charge is -2.49. The molecule has 2 fully saturated rings. The zero-order chi connectivity index (χ0) is 13.2. The first-order valence-corrected chi connectivity index (χ1v) is 7.82. The fourth-order valence-electron chi connectivity index (χ4n) is 3.80. The van der Waals surface area contributed by atoms with E-state index in [9.17, 15) is 0 Å². The quantitative estimate of drug-likeness (QED) is 0.911. The molecule has 0 amide bonds. The second-order valence-electron chi connectivity index (χ2n) is 5.96. The van der Waals surface area contributed by atoms with E-state index in [0.717, 1.165) is 23.7 Å². The number of rotatable bonds is 3. The molecule has 2 unspecified atom stereocenters. The van der Waals surface area contributed by atoms with Crippen LogP contribution in [-0.2, 0) is 6.54 Å². The molecule has 0 aliphatic carbocycles. The van der Waals surface area contributed by atoms with Crippen LogP contribution < -0.4 is 5.32 Å². The number of piperidine rings is 2. The van der Waals surface area contributed by atoms with Gasteiger partial charge in [0.05, 0.1) is 0 Å². The van der Waals surface area contributed by atoms with Crippen molar-refractivity contribution in [1.29, 1.82) is 0 Å². The van der Waals surface area contributed by atoms with Crippen LogP contribution in [0.1, 0.15) is 37.7 Å². The maximum absolute atomic E-state index is 6.32. The monoisotopic (exact) mass is 278 g/mol. The molecular weight excluding hydrogens is 256 g/mol. The molecule has 1 aromatic carbocycles. The Balaban J connectivity index is 1.76.